The first kappa shape index (κ1) is 16.3. The highest BCUT2D eigenvalue weighted by Crippen LogP contribution is 2.13. The number of carbonyl (C=O) groups excluding carboxylic acids is 1. The molecule has 1 rings (SSSR count). The van der Waals surface area contributed by atoms with Gasteiger partial charge in [-0.05, 0) is 37.2 Å². The zero-order valence-corrected chi connectivity index (χ0v) is 13.5. The summed E-state index contributed by atoms with van der Waals surface area (Å²) in [5, 5.41) is 6.00. The Labute approximate surface area is 124 Å². The van der Waals surface area contributed by atoms with Crippen molar-refractivity contribution in [2.24, 2.45) is 0 Å². The molecule has 0 spiro atoms. The molecule has 4 nitrogen and oxygen atoms in total. The molecule has 0 radical (unpaired) electrons. The van der Waals surface area contributed by atoms with Crippen molar-refractivity contribution in [1.82, 2.24) is 5.32 Å². The molecule has 0 aromatic heterocycles. The van der Waals surface area contributed by atoms with E-state index in [1.165, 1.54) is 0 Å². The van der Waals surface area contributed by atoms with Crippen LogP contribution in [0.15, 0.2) is 28.7 Å². The molecule has 1 amide bonds. The Hall–Kier alpha value is -0.720. The summed E-state index contributed by atoms with van der Waals surface area (Å²) >= 11 is 3.34. The highest BCUT2D eigenvalue weighted by molar-refractivity contribution is 9.10. The van der Waals surface area contributed by atoms with Crippen molar-refractivity contribution < 1.29 is 9.00 Å². The summed E-state index contributed by atoms with van der Waals surface area (Å²) in [6, 6.07) is 7.43. The smallest absolute Gasteiger partial charge is 0.238 e. The van der Waals surface area contributed by atoms with Gasteiger partial charge in [0.05, 0.1) is 6.54 Å². The monoisotopic (exact) mass is 346 g/mol. The molecule has 0 bridgehead atoms. The highest BCUT2D eigenvalue weighted by atomic mass is 79.9. The predicted octanol–water partition coefficient (Wildman–Crippen LogP) is 2.13. The molecule has 0 saturated heterocycles. The lowest BCUT2D eigenvalue weighted by Gasteiger charge is -2.09. The first-order valence-corrected chi connectivity index (χ1v) is 8.49. The largest absolute Gasteiger partial charge is 0.325 e. The number of halogens is 1. The summed E-state index contributed by atoms with van der Waals surface area (Å²) in [5.41, 5.74) is 0.776. The van der Waals surface area contributed by atoms with Gasteiger partial charge in [-0.3, -0.25) is 9.00 Å². The molecule has 2 N–H and O–H groups in total. The minimum atomic E-state index is -0.803. The van der Waals surface area contributed by atoms with E-state index in [4.69, 9.17) is 0 Å². The van der Waals surface area contributed by atoms with Crippen LogP contribution in [0, 0.1) is 0 Å². The van der Waals surface area contributed by atoms with E-state index in [0.29, 0.717) is 6.54 Å². The summed E-state index contributed by atoms with van der Waals surface area (Å²) in [4.78, 5) is 11.6. The second-order valence-electron chi connectivity index (χ2n) is 4.33. The van der Waals surface area contributed by atoms with Crippen LogP contribution in [0.3, 0.4) is 0 Å². The maximum Gasteiger partial charge on any atom is 0.238 e. The van der Waals surface area contributed by atoms with Gasteiger partial charge in [-0.2, -0.15) is 0 Å². The van der Waals surface area contributed by atoms with Crippen LogP contribution in [-0.4, -0.2) is 34.7 Å². The number of anilines is 1. The van der Waals surface area contributed by atoms with Crippen LogP contribution >= 0.6 is 15.9 Å². The SMILES string of the molecule is CC(CCNCC(=O)Nc1ccc(Br)cc1)S(C)=O. The van der Waals surface area contributed by atoms with Gasteiger partial charge in [-0.1, -0.05) is 22.9 Å². The molecule has 2 unspecified atom stereocenters. The molecular formula is C13H19BrN2O2S. The van der Waals surface area contributed by atoms with Crippen LogP contribution in [-0.2, 0) is 15.6 Å². The normalized spacial score (nSPS) is 13.8. The first-order chi connectivity index (χ1) is 8.99. The number of carbonyl (C=O) groups is 1. The molecule has 1 aromatic carbocycles. The Morgan fingerprint density at radius 1 is 1.37 bits per heavy atom. The fourth-order valence-electron chi connectivity index (χ4n) is 1.41. The third-order valence-electron chi connectivity index (χ3n) is 2.71. The van der Waals surface area contributed by atoms with E-state index in [2.05, 4.69) is 26.6 Å². The summed E-state index contributed by atoms with van der Waals surface area (Å²) in [5.74, 6) is -0.0763. The topological polar surface area (TPSA) is 58.2 Å². The summed E-state index contributed by atoms with van der Waals surface area (Å²) in [7, 11) is -0.803. The van der Waals surface area contributed by atoms with E-state index in [0.717, 1.165) is 16.6 Å². The lowest BCUT2D eigenvalue weighted by Crippen LogP contribution is -2.30. The van der Waals surface area contributed by atoms with Gasteiger partial charge in [0.15, 0.2) is 0 Å². The van der Waals surface area contributed by atoms with Crippen molar-refractivity contribution in [3.8, 4) is 0 Å². The molecule has 1 aromatic rings. The second kappa shape index (κ2) is 8.45. The molecule has 0 aliphatic rings. The lowest BCUT2D eigenvalue weighted by molar-refractivity contribution is -0.115. The third-order valence-corrected chi connectivity index (χ3v) is 4.61. The van der Waals surface area contributed by atoms with Crippen molar-refractivity contribution in [3.63, 3.8) is 0 Å². The molecule has 106 valence electrons. The van der Waals surface area contributed by atoms with Gasteiger partial charge in [0.25, 0.3) is 0 Å². The van der Waals surface area contributed by atoms with E-state index < -0.39 is 10.8 Å². The van der Waals surface area contributed by atoms with E-state index in [9.17, 15) is 9.00 Å². The van der Waals surface area contributed by atoms with Crippen LogP contribution in [0.2, 0.25) is 0 Å². The molecule has 0 aliphatic heterocycles. The third kappa shape index (κ3) is 6.84. The van der Waals surface area contributed by atoms with Crippen LogP contribution < -0.4 is 10.6 Å². The fraction of sp³-hybridized carbons (Fsp3) is 0.462. The molecule has 6 heteroatoms. The van der Waals surface area contributed by atoms with Gasteiger partial charge in [0.1, 0.15) is 0 Å². The molecule has 2 atom stereocenters. The number of hydrogen-bond donors (Lipinski definition) is 2. The highest BCUT2D eigenvalue weighted by Gasteiger charge is 2.06. The predicted molar refractivity (Wildman–Crippen MR) is 83.8 cm³/mol. The second-order valence-corrected chi connectivity index (χ2v) is 7.05. The molecular weight excluding hydrogens is 328 g/mol. The van der Waals surface area contributed by atoms with Gasteiger partial charge in [0, 0.05) is 32.5 Å². The van der Waals surface area contributed by atoms with Crippen molar-refractivity contribution in [3.05, 3.63) is 28.7 Å². The minimum absolute atomic E-state index is 0.0763. The molecule has 0 aliphatic carbocycles. The van der Waals surface area contributed by atoms with E-state index in [1.807, 2.05) is 31.2 Å². The van der Waals surface area contributed by atoms with Gasteiger partial charge in [-0.25, -0.2) is 0 Å². The van der Waals surface area contributed by atoms with Crippen LogP contribution in [0.5, 0.6) is 0 Å². The van der Waals surface area contributed by atoms with E-state index in [1.54, 1.807) is 6.26 Å². The number of nitrogens with one attached hydrogen (secondary N) is 2. The van der Waals surface area contributed by atoms with Crippen molar-refractivity contribution >= 4 is 38.3 Å². The number of benzene rings is 1. The van der Waals surface area contributed by atoms with Crippen molar-refractivity contribution in [2.75, 3.05) is 24.7 Å². The van der Waals surface area contributed by atoms with Gasteiger partial charge in [-0.15, -0.1) is 0 Å². The summed E-state index contributed by atoms with van der Waals surface area (Å²) in [6.07, 6.45) is 2.50. The molecule has 0 heterocycles. The van der Waals surface area contributed by atoms with E-state index >= 15 is 0 Å². The quantitative estimate of drug-likeness (QED) is 0.743. The van der Waals surface area contributed by atoms with Crippen LogP contribution in [0.4, 0.5) is 5.69 Å². The van der Waals surface area contributed by atoms with Crippen LogP contribution in [0.1, 0.15) is 13.3 Å². The number of hydrogen-bond acceptors (Lipinski definition) is 3. The zero-order chi connectivity index (χ0) is 14.3. The van der Waals surface area contributed by atoms with Crippen molar-refractivity contribution in [1.29, 1.82) is 0 Å². The Kier molecular flexibility index (Phi) is 7.27. The number of rotatable bonds is 7. The minimum Gasteiger partial charge on any atom is -0.325 e. The Morgan fingerprint density at radius 2 is 2.00 bits per heavy atom. The van der Waals surface area contributed by atoms with Crippen LogP contribution in [0.25, 0.3) is 0 Å². The average molecular weight is 347 g/mol. The number of amides is 1. The Bertz CT molecular complexity index is 437. The molecule has 0 saturated carbocycles. The van der Waals surface area contributed by atoms with Crippen molar-refractivity contribution in [2.45, 2.75) is 18.6 Å². The van der Waals surface area contributed by atoms with Gasteiger partial charge < -0.3 is 10.6 Å². The standard InChI is InChI=1S/C13H19BrN2O2S/c1-10(19(2)18)7-8-15-9-13(17)16-12-5-3-11(14)4-6-12/h3-6,10,15H,7-9H2,1-2H3,(H,16,17). The maximum atomic E-state index is 11.6. The Morgan fingerprint density at radius 3 is 2.58 bits per heavy atom. The lowest BCUT2D eigenvalue weighted by atomic mass is 10.3. The van der Waals surface area contributed by atoms with E-state index in [-0.39, 0.29) is 17.7 Å². The molecule has 0 fully saturated rings. The average Bonchev–Trinajstić information content (AvgIpc) is 2.37. The summed E-state index contributed by atoms with van der Waals surface area (Å²) < 4.78 is 12.1. The first-order valence-electron chi connectivity index (χ1n) is 6.07. The van der Waals surface area contributed by atoms with Gasteiger partial charge >= 0.3 is 0 Å². The summed E-state index contributed by atoms with van der Waals surface area (Å²) in [6.45, 7) is 2.90. The maximum absolute atomic E-state index is 11.6. The van der Waals surface area contributed by atoms with Gasteiger partial charge in [0.2, 0.25) is 5.91 Å². The fourth-order valence-corrected chi connectivity index (χ4v) is 2.13. The zero-order valence-electron chi connectivity index (χ0n) is 11.1. The molecule has 19 heavy (non-hydrogen) atoms. The Balaban J connectivity index is 2.21.